The van der Waals surface area contributed by atoms with Gasteiger partial charge in [-0.15, -0.1) is 0 Å². The highest BCUT2D eigenvalue weighted by Gasteiger charge is 2.25. The zero-order valence-corrected chi connectivity index (χ0v) is 22.6. The Kier molecular flexibility index (Phi) is 7.93. The number of ether oxygens (including phenoxy) is 1. The lowest BCUT2D eigenvalue weighted by molar-refractivity contribution is 0.0804. The van der Waals surface area contributed by atoms with Crippen molar-refractivity contribution < 1.29 is 9.53 Å². The predicted octanol–water partition coefficient (Wildman–Crippen LogP) is 6.07. The van der Waals surface area contributed by atoms with Gasteiger partial charge in [-0.05, 0) is 64.4 Å². The van der Waals surface area contributed by atoms with Gasteiger partial charge in [-0.25, -0.2) is 9.97 Å². The summed E-state index contributed by atoms with van der Waals surface area (Å²) < 4.78 is 8.03. The van der Waals surface area contributed by atoms with Crippen LogP contribution in [0.25, 0.3) is 5.57 Å². The van der Waals surface area contributed by atoms with Crippen molar-refractivity contribution >= 4 is 41.2 Å². The molecule has 0 spiro atoms. The Hall–Kier alpha value is -2.28. The summed E-state index contributed by atoms with van der Waals surface area (Å²) >= 11 is 3.45. The minimum atomic E-state index is -1.23. The Morgan fingerprint density at radius 1 is 1.36 bits per heavy atom. The van der Waals surface area contributed by atoms with Crippen LogP contribution in [0.5, 0.6) is 0 Å². The minimum absolute atomic E-state index is 0.113. The maximum absolute atomic E-state index is 13.2. The average Bonchev–Trinajstić information content (AvgIpc) is 3.15. The summed E-state index contributed by atoms with van der Waals surface area (Å²) in [7, 11) is -1.23. The fourth-order valence-electron chi connectivity index (χ4n) is 3.56. The molecule has 0 saturated carbocycles. The standard InChI is InChI=1S/C24H32BrN5O2Si/c1-24(2)10-8-17(9-11-24)21-19(6-7-20(25)29-21)28-23(31)22-27-15-18(14-26)30(22)16-32-12-13-33(3,4)5/h6-8,15H,9-13,16H2,1-5H3,(H,28,31). The van der Waals surface area contributed by atoms with Gasteiger partial charge in [-0.3, -0.25) is 9.36 Å². The number of pyridine rings is 1. The van der Waals surface area contributed by atoms with Crippen molar-refractivity contribution in [1.82, 2.24) is 14.5 Å². The largest absolute Gasteiger partial charge is 0.361 e. The molecule has 0 radical (unpaired) electrons. The fourth-order valence-corrected chi connectivity index (χ4v) is 4.63. The molecule has 3 rings (SSSR count). The number of hydrogen-bond donors (Lipinski definition) is 1. The molecule has 2 aromatic heterocycles. The van der Waals surface area contributed by atoms with Crippen molar-refractivity contribution in [3.05, 3.63) is 46.2 Å². The van der Waals surface area contributed by atoms with Crippen LogP contribution < -0.4 is 5.32 Å². The first-order valence-electron chi connectivity index (χ1n) is 11.2. The van der Waals surface area contributed by atoms with Crippen LogP contribution in [0.15, 0.2) is 29.0 Å². The van der Waals surface area contributed by atoms with Crippen molar-refractivity contribution in [3.8, 4) is 6.07 Å². The van der Waals surface area contributed by atoms with Crippen LogP contribution in [0.3, 0.4) is 0 Å². The highest BCUT2D eigenvalue weighted by molar-refractivity contribution is 9.10. The highest BCUT2D eigenvalue weighted by atomic mass is 79.9. The molecule has 33 heavy (non-hydrogen) atoms. The van der Waals surface area contributed by atoms with Crippen molar-refractivity contribution in [2.45, 2.75) is 65.5 Å². The van der Waals surface area contributed by atoms with Crippen LogP contribution in [-0.2, 0) is 11.5 Å². The van der Waals surface area contributed by atoms with Gasteiger partial charge >= 0.3 is 0 Å². The molecule has 0 bridgehead atoms. The molecule has 2 aromatic rings. The molecule has 9 heteroatoms. The number of rotatable bonds is 8. The third-order valence-electron chi connectivity index (χ3n) is 5.78. The Morgan fingerprint density at radius 3 is 2.76 bits per heavy atom. The lowest BCUT2D eigenvalue weighted by Gasteiger charge is -2.29. The summed E-state index contributed by atoms with van der Waals surface area (Å²) in [6.45, 7) is 12.1. The van der Waals surface area contributed by atoms with E-state index in [1.165, 1.54) is 10.8 Å². The first-order chi connectivity index (χ1) is 15.5. The van der Waals surface area contributed by atoms with Gasteiger partial charge < -0.3 is 10.1 Å². The number of allylic oxidation sites excluding steroid dienone is 2. The average molecular weight is 531 g/mol. The highest BCUT2D eigenvalue weighted by Crippen LogP contribution is 2.39. The van der Waals surface area contributed by atoms with Crippen molar-refractivity contribution in [1.29, 1.82) is 5.26 Å². The topological polar surface area (TPSA) is 92.8 Å². The van der Waals surface area contributed by atoms with Crippen molar-refractivity contribution in [3.63, 3.8) is 0 Å². The lowest BCUT2D eigenvalue weighted by atomic mass is 9.77. The summed E-state index contributed by atoms with van der Waals surface area (Å²) in [5.41, 5.74) is 3.08. The number of amides is 1. The van der Waals surface area contributed by atoms with Crippen LogP contribution in [0, 0.1) is 16.7 Å². The molecule has 1 aliphatic carbocycles. The second-order valence-electron chi connectivity index (χ2n) is 10.4. The van der Waals surface area contributed by atoms with E-state index in [1.54, 1.807) is 6.07 Å². The molecule has 0 aliphatic heterocycles. The fraction of sp³-hybridized carbons (Fsp3) is 0.500. The molecular formula is C24H32BrN5O2Si. The first-order valence-corrected chi connectivity index (χ1v) is 15.7. The van der Waals surface area contributed by atoms with E-state index in [1.807, 2.05) is 6.07 Å². The third-order valence-corrected chi connectivity index (χ3v) is 7.92. The lowest BCUT2D eigenvalue weighted by Crippen LogP contribution is -2.24. The molecule has 0 saturated heterocycles. The summed E-state index contributed by atoms with van der Waals surface area (Å²) in [5, 5.41) is 12.4. The SMILES string of the molecule is CC1(C)CC=C(c2nc(Br)ccc2NC(=O)c2ncc(C#N)n2COCC[Si](C)(C)C)CC1. The molecule has 1 aliphatic rings. The van der Waals surface area contributed by atoms with E-state index in [9.17, 15) is 10.1 Å². The zero-order valence-electron chi connectivity index (χ0n) is 20.0. The Labute approximate surface area is 205 Å². The molecule has 176 valence electrons. The van der Waals surface area contributed by atoms with Gasteiger partial charge in [0.05, 0.1) is 17.6 Å². The van der Waals surface area contributed by atoms with E-state index in [-0.39, 0.29) is 18.0 Å². The second kappa shape index (κ2) is 10.3. The van der Waals surface area contributed by atoms with Crippen molar-refractivity contribution in [2.75, 3.05) is 11.9 Å². The van der Waals surface area contributed by atoms with Gasteiger partial charge in [-0.1, -0.05) is 39.6 Å². The molecule has 0 fully saturated rings. The number of nitriles is 1. The van der Waals surface area contributed by atoms with Crippen LogP contribution in [0.1, 0.15) is 55.1 Å². The van der Waals surface area contributed by atoms with Gasteiger partial charge in [0, 0.05) is 14.7 Å². The van der Waals surface area contributed by atoms with Crippen LogP contribution in [0.2, 0.25) is 25.7 Å². The maximum atomic E-state index is 13.2. The smallest absolute Gasteiger partial charge is 0.291 e. The van der Waals surface area contributed by atoms with Gasteiger partial charge in [0.2, 0.25) is 5.82 Å². The number of halogens is 1. The van der Waals surface area contributed by atoms with Gasteiger partial charge in [0.25, 0.3) is 5.91 Å². The molecule has 0 unspecified atom stereocenters. The van der Waals surface area contributed by atoms with Crippen LogP contribution in [0.4, 0.5) is 5.69 Å². The monoisotopic (exact) mass is 529 g/mol. The first kappa shape index (κ1) is 25.3. The molecular weight excluding hydrogens is 498 g/mol. The Morgan fingerprint density at radius 2 is 2.12 bits per heavy atom. The predicted molar refractivity (Wildman–Crippen MR) is 137 cm³/mol. The van der Waals surface area contributed by atoms with E-state index in [0.717, 1.165) is 36.6 Å². The molecule has 0 atom stereocenters. The van der Waals surface area contributed by atoms with Crippen molar-refractivity contribution in [2.24, 2.45) is 5.41 Å². The number of nitrogens with zero attached hydrogens (tertiary/aromatic N) is 4. The molecule has 1 N–H and O–H groups in total. The number of carbonyl (C=O) groups excluding carboxylic acids is 1. The van der Waals surface area contributed by atoms with E-state index in [0.29, 0.717) is 22.6 Å². The number of nitrogens with one attached hydrogen (secondary N) is 1. The van der Waals surface area contributed by atoms with Crippen LogP contribution >= 0.6 is 15.9 Å². The summed E-state index contributed by atoms with van der Waals surface area (Å²) in [4.78, 5) is 22.0. The number of aromatic nitrogens is 3. The number of carbonyl (C=O) groups is 1. The quantitative estimate of drug-likeness (QED) is 0.254. The number of anilines is 1. The van der Waals surface area contributed by atoms with E-state index >= 15 is 0 Å². The number of hydrogen-bond acceptors (Lipinski definition) is 5. The van der Waals surface area contributed by atoms with E-state index < -0.39 is 14.0 Å². The van der Waals surface area contributed by atoms with Gasteiger partial charge in [0.15, 0.2) is 0 Å². The second-order valence-corrected chi connectivity index (χ2v) is 16.9. The van der Waals surface area contributed by atoms with E-state index in [4.69, 9.17) is 4.74 Å². The van der Waals surface area contributed by atoms with Gasteiger partial charge in [0.1, 0.15) is 23.1 Å². The maximum Gasteiger partial charge on any atom is 0.291 e. The van der Waals surface area contributed by atoms with Crippen LogP contribution in [-0.4, -0.2) is 35.1 Å². The Bertz CT molecular complexity index is 1100. The Balaban J connectivity index is 1.80. The summed E-state index contributed by atoms with van der Waals surface area (Å²) in [6, 6.07) is 6.74. The summed E-state index contributed by atoms with van der Waals surface area (Å²) in [5.74, 6) is -0.250. The minimum Gasteiger partial charge on any atom is -0.361 e. The third kappa shape index (κ3) is 6.85. The van der Waals surface area contributed by atoms with E-state index in [2.05, 4.69) is 76.8 Å². The molecule has 1 amide bonds. The molecule has 0 aromatic carbocycles. The normalized spacial score (nSPS) is 15.6. The molecule has 2 heterocycles. The zero-order chi connectivity index (χ0) is 24.2. The van der Waals surface area contributed by atoms with Gasteiger partial charge in [-0.2, -0.15) is 5.26 Å². The molecule has 7 nitrogen and oxygen atoms in total. The summed E-state index contributed by atoms with van der Waals surface area (Å²) in [6.07, 6.45) is 6.55. The number of imidazole rings is 1.